The van der Waals surface area contributed by atoms with E-state index >= 15 is 0 Å². The highest BCUT2D eigenvalue weighted by atomic mass is 32.1. The van der Waals surface area contributed by atoms with Crippen LogP contribution in [0.15, 0.2) is 91.3 Å². The summed E-state index contributed by atoms with van der Waals surface area (Å²) in [6.45, 7) is 3.33. The first kappa shape index (κ1) is 23.5. The Bertz CT molecular complexity index is 1370. The molecule has 0 bridgehead atoms. The van der Waals surface area contributed by atoms with Crippen molar-refractivity contribution in [1.82, 2.24) is 14.9 Å². The SMILES string of the molecule is COc1cccc(-n2cccc2[C@H]2[C@H](c3ccccn3)NC(=S)N2c2ccc(N3CCOCC3)cc2)c1. The summed E-state index contributed by atoms with van der Waals surface area (Å²) in [5, 5.41) is 4.25. The van der Waals surface area contributed by atoms with Gasteiger partial charge in [-0.05, 0) is 72.9 Å². The number of anilines is 2. The predicted molar refractivity (Wildman–Crippen MR) is 150 cm³/mol. The summed E-state index contributed by atoms with van der Waals surface area (Å²) < 4.78 is 13.2. The fourth-order valence-electron chi connectivity index (χ4n) is 5.21. The van der Waals surface area contributed by atoms with Gasteiger partial charge in [0.05, 0.1) is 32.1 Å². The second-order valence-electron chi connectivity index (χ2n) is 9.12. The summed E-state index contributed by atoms with van der Waals surface area (Å²) >= 11 is 5.94. The average molecular weight is 512 g/mol. The van der Waals surface area contributed by atoms with Gasteiger partial charge in [0.25, 0.3) is 0 Å². The molecule has 188 valence electrons. The third-order valence-electron chi connectivity index (χ3n) is 7.02. The molecule has 2 aliphatic heterocycles. The van der Waals surface area contributed by atoms with E-state index in [2.05, 4.69) is 74.4 Å². The molecule has 4 heterocycles. The summed E-state index contributed by atoms with van der Waals surface area (Å²) in [6, 6.07) is 26.8. The number of ether oxygens (including phenoxy) is 2. The van der Waals surface area contributed by atoms with Crippen LogP contribution in [0.25, 0.3) is 5.69 Å². The summed E-state index contributed by atoms with van der Waals surface area (Å²) in [7, 11) is 1.69. The molecule has 0 amide bonds. The lowest BCUT2D eigenvalue weighted by molar-refractivity contribution is 0.122. The van der Waals surface area contributed by atoms with Crippen molar-refractivity contribution in [2.75, 3.05) is 43.2 Å². The zero-order chi connectivity index (χ0) is 25.2. The first-order chi connectivity index (χ1) is 18.2. The molecule has 2 fully saturated rings. The van der Waals surface area contributed by atoms with Gasteiger partial charge in [0, 0.05) is 54.3 Å². The molecule has 2 atom stereocenters. The molecule has 2 aromatic carbocycles. The predicted octanol–water partition coefficient (Wildman–Crippen LogP) is 4.89. The van der Waals surface area contributed by atoms with E-state index < -0.39 is 0 Å². The minimum Gasteiger partial charge on any atom is -0.497 e. The molecular weight excluding hydrogens is 482 g/mol. The molecule has 7 nitrogen and oxygen atoms in total. The summed E-state index contributed by atoms with van der Waals surface area (Å²) in [4.78, 5) is 9.26. The van der Waals surface area contributed by atoms with Crippen molar-refractivity contribution in [3.05, 3.63) is 103 Å². The maximum absolute atomic E-state index is 5.94. The molecule has 37 heavy (non-hydrogen) atoms. The van der Waals surface area contributed by atoms with Crippen LogP contribution in [0, 0.1) is 0 Å². The number of morpholine rings is 1. The fourth-order valence-corrected chi connectivity index (χ4v) is 5.56. The maximum Gasteiger partial charge on any atom is 0.174 e. The van der Waals surface area contributed by atoms with Crippen LogP contribution in [0.5, 0.6) is 5.75 Å². The molecule has 8 heteroatoms. The molecular formula is C29H29N5O2S. The number of hydrogen-bond donors (Lipinski definition) is 1. The van der Waals surface area contributed by atoms with Gasteiger partial charge >= 0.3 is 0 Å². The quantitative estimate of drug-likeness (QED) is 0.370. The number of aromatic nitrogens is 2. The monoisotopic (exact) mass is 511 g/mol. The number of benzene rings is 2. The molecule has 0 saturated carbocycles. The molecule has 0 unspecified atom stereocenters. The molecule has 4 aromatic rings. The van der Waals surface area contributed by atoms with Gasteiger partial charge in [0.15, 0.2) is 5.11 Å². The third-order valence-corrected chi connectivity index (χ3v) is 7.33. The number of pyridine rings is 1. The van der Waals surface area contributed by atoms with E-state index in [1.54, 1.807) is 7.11 Å². The Morgan fingerprint density at radius 2 is 1.73 bits per heavy atom. The Hall–Kier alpha value is -3.88. The lowest BCUT2D eigenvalue weighted by Gasteiger charge is -2.31. The lowest BCUT2D eigenvalue weighted by Crippen LogP contribution is -2.36. The molecule has 0 spiro atoms. The molecule has 2 saturated heterocycles. The zero-order valence-corrected chi connectivity index (χ0v) is 21.5. The Morgan fingerprint density at radius 1 is 0.919 bits per heavy atom. The number of methoxy groups -OCH3 is 1. The Labute approximate surface area is 222 Å². The molecule has 1 N–H and O–H groups in total. The van der Waals surface area contributed by atoms with Crippen LogP contribution in [0.4, 0.5) is 11.4 Å². The molecule has 6 rings (SSSR count). The van der Waals surface area contributed by atoms with Crippen LogP contribution < -0.4 is 19.9 Å². The molecule has 2 aliphatic rings. The van der Waals surface area contributed by atoms with Crippen molar-refractivity contribution in [3.63, 3.8) is 0 Å². The van der Waals surface area contributed by atoms with Crippen molar-refractivity contribution in [2.45, 2.75) is 12.1 Å². The van der Waals surface area contributed by atoms with E-state index in [1.165, 1.54) is 5.69 Å². The number of nitrogens with zero attached hydrogens (tertiary/aromatic N) is 4. The fraction of sp³-hybridized carbons (Fsp3) is 0.241. The number of thiocarbonyl (C=S) groups is 1. The standard InChI is InChI=1S/C29H29N5O2S/c1-35-24-7-4-6-23(20-24)33-15-5-9-26(33)28-27(25-8-2-3-14-30-25)31-29(37)34(28)22-12-10-21(11-13-22)32-16-18-36-19-17-32/h2-15,20,27-28H,16-19H2,1H3,(H,31,37)/t27-,28-/m0/s1. The number of rotatable bonds is 6. The smallest absolute Gasteiger partial charge is 0.174 e. The number of nitrogens with one attached hydrogen (secondary N) is 1. The first-order valence-electron chi connectivity index (χ1n) is 12.5. The van der Waals surface area contributed by atoms with Crippen molar-refractivity contribution in [1.29, 1.82) is 0 Å². The van der Waals surface area contributed by atoms with Crippen molar-refractivity contribution in [2.24, 2.45) is 0 Å². The van der Waals surface area contributed by atoms with Gasteiger partial charge in [-0.3, -0.25) is 4.98 Å². The van der Waals surface area contributed by atoms with Gasteiger partial charge in [-0.15, -0.1) is 0 Å². The highest BCUT2D eigenvalue weighted by Gasteiger charge is 2.42. The second-order valence-corrected chi connectivity index (χ2v) is 9.50. The zero-order valence-electron chi connectivity index (χ0n) is 20.7. The van der Waals surface area contributed by atoms with Crippen LogP contribution >= 0.6 is 12.2 Å². The topological polar surface area (TPSA) is 54.8 Å². The second kappa shape index (κ2) is 10.2. The Morgan fingerprint density at radius 3 is 2.49 bits per heavy atom. The summed E-state index contributed by atoms with van der Waals surface area (Å²) in [5.74, 6) is 0.814. The first-order valence-corrected chi connectivity index (χ1v) is 12.9. The molecule has 0 aliphatic carbocycles. The summed E-state index contributed by atoms with van der Waals surface area (Å²) in [5.41, 5.74) is 5.31. The normalized spacial score (nSPS) is 19.6. The third kappa shape index (κ3) is 4.54. The minimum absolute atomic E-state index is 0.113. The highest BCUT2D eigenvalue weighted by Crippen LogP contribution is 2.42. The van der Waals surface area contributed by atoms with E-state index in [9.17, 15) is 0 Å². The molecule has 2 aromatic heterocycles. The van der Waals surface area contributed by atoms with E-state index in [0.717, 1.165) is 54.8 Å². The maximum atomic E-state index is 5.94. The Kier molecular flexibility index (Phi) is 6.51. The van der Waals surface area contributed by atoms with E-state index in [4.69, 9.17) is 26.7 Å². The Balaban J connectivity index is 1.42. The lowest BCUT2D eigenvalue weighted by atomic mass is 10.0. The largest absolute Gasteiger partial charge is 0.497 e. The van der Waals surface area contributed by atoms with Gasteiger partial charge < -0.3 is 29.2 Å². The van der Waals surface area contributed by atoms with Gasteiger partial charge in [-0.2, -0.15) is 0 Å². The van der Waals surface area contributed by atoms with Crippen LogP contribution in [0.1, 0.15) is 23.5 Å². The van der Waals surface area contributed by atoms with Crippen molar-refractivity contribution in [3.8, 4) is 11.4 Å². The van der Waals surface area contributed by atoms with Gasteiger partial charge in [0.1, 0.15) is 11.8 Å². The van der Waals surface area contributed by atoms with Crippen LogP contribution in [-0.2, 0) is 4.74 Å². The van der Waals surface area contributed by atoms with Gasteiger partial charge in [-0.1, -0.05) is 12.1 Å². The van der Waals surface area contributed by atoms with Gasteiger partial charge in [-0.25, -0.2) is 0 Å². The van der Waals surface area contributed by atoms with E-state index in [-0.39, 0.29) is 12.1 Å². The molecule has 0 radical (unpaired) electrons. The van der Waals surface area contributed by atoms with E-state index in [1.807, 2.05) is 36.5 Å². The highest BCUT2D eigenvalue weighted by molar-refractivity contribution is 7.80. The van der Waals surface area contributed by atoms with Crippen LogP contribution in [0.3, 0.4) is 0 Å². The van der Waals surface area contributed by atoms with Gasteiger partial charge in [0.2, 0.25) is 0 Å². The average Bonchev–Trinajstić information content (AvgIpc) is 3.58. The van der Waals surface area contributed by atoms with Crippen LogP contribution in [0.2, 0.25) is 0 Å². The minimum atomic E-state index is -0.119. The number of hydrogen-bond acceptors (Lipinski definition) is 5. The van der Waals surface area contributed by atoms with Crippen molar-refractivity contribution >= 4 is 28.7 Å². The summed E-state index contributed by atoms with van der Waals surface area (Å²) in [6.07, 6.45) is 3.92. The van der Waals surface area contributed by atoms with Crippen molar-refractivity contribution < 1.29 is 9.47 Å². The van der Waals surface area contributed by atoms with E-state index in [0.29, 0.717) is 5.11 Å². The van der Waals surface area contributed by atoms with Crippen LogP contribution in [-0.4, -0.2) is 48.1 Å².